The molecule has 0 bridgehead atoms. The number of rotatable bonds is 6. The van der Waals surface area contributed by atoms with Gasteiger partial charge in [0.25, 0.3) is 0 Å². The number of carbonyl (C=O) groups is 2. The molecule has 1 N–H and O–H groups in total. The highest BCUT2D eigenvalue weighted by atomic mass is 16.6. The maximum atomic E-state index is 13.0. The lowest BCUT2D eigenvalue weighted by Gasteiger charge is -2.49. The topological polar surface area (TPSA) is 72.8 Å². The summed E-state index contributed by atoms with van der Waals surface area (Å²) in [5.41, 5.74) is 1.72. The van der Waals surface area contributed by atoms with Gasteiger partial charge in [0.15, 0.2) is 0 Å². The Bertz CT molecular complexity index is 766. The van der Waals surface area contributed by atoms with E-state index in [-0.39, 0.29) is 18.7 Å². The minimum absolute atomic E-state index is 0.0513. The van der Waals surface area contributed by atoms with Crippen LogP contribution < -0.4 is 0 Å². The van der Waals surface area contributed by atoms with E-state index in [0.29, 0.717) is 6.61 Å². The van der Waals surface area contributed by atoms with E-state index in [1.807, 2.05) is 60.7 Å². The van der Waals surface area contributed by atoms with Crippen LogP contribution in [0.15, 0.2) is 60.7 Å². The van der Waals surface area contributed by atoms with E-state index in [9.17, 15) is 14.7 Å². The lowest BCUT2D eigenvalue weighted by molar-refractivity contribution is -0.166. The first-order chi connectivity index (χ1) is 13.7. The van der Waals surface area contributed by atoms with E-state index in [1.165, 1.54) is 0 Å². The van der Waals surface area contributed by atoms with Crippen molar-refractivity contribution in [3.05, 3.63) is 71.8 Å². The van der Waals surface area contributed by atoms with Crippen molar-refractivity contribution in [2.24, 2.45) is 11.8 Å². The lowest BCUT2D eigenvalue weighted by atomic mass is 9.52. The van der Waals surface area contributed by atoms with Crippen LogP contribution in [0.3, 0.4) is 0 Å². The van der Waals surface area contributed by atoms with Gasteiger partial charge in [-0.2, -0.15) is 0 Å². The first-order valence-electron chi connectivity index (χ1n) is 9.77. The second-order valence-corrected chi connectivity index (χ2v) is 7.53. The van der Waals surface area contributed by atoms with Gasteiger partial charge in [0.05, 0.1) is 17.9 Å². The SMILES string of the molecule is O=C(O)C1[C@@H](c2ccccc2)C(C(=O)OC[C@H]2CCCO2)[C@H]1c1ccccc1. The maximum Gasteiger partial charge on any atom is 0.310 e. The summed E-state index contributed by atoms with van der Waals surface area (Å²) in [5, 5.41) is 9.93. The second kappa shape index (κ2) is 8.15. The molecule has 1 saturated carbocycles. The van der Waals surface area contributed by atoms with Crippen LogP contribution in [0.5, 0.6) is 0 Å². The summed E-state index contributed by atoms with van der Waals surface area (Å²) < 4.78 is 11.2. The summed E-state index contributed by atoms with van der Waals surface area (Å²) in [4.78, 5) is 25.2. The van der Waals surface area contributed by atoms with Crippen molar-refractivity contribution < 1.29 is 24.2 Å². The summed E-state index contributed by atoms with van der Waals surface area (Å²) in [6.07, 6.45) is 1.82. The maximum absolute atomic E-state index is 13.0. The van der Waals surface area contributed by atoms with Gasteiger partial charge in [-0.3, -0.25) is 9.59 Å². The second-order valence-electron chi connectivity index (χ2n) is 7.53. The number of hydrogen-bond acceptors (Lipinski definition) is 4. The Morgan fingerprint density at radius 1 is 0.929 bits per heavy atom. The number of carboxylic acid groups (broad SMARTS) is 1. The van der Waals surface area contributed by atoms with Crippen LogP contribution in [-0.2, 0) is 19.1 Å². The fraction of sp³-hybridized carbons (Fsp3) is 0.391. The summed E-state index contributed by atoms with van der Waals surface area (Å²) in [7, 11) is 0. The average Bonchev–Trinajstić information content (AvgIpc) is 3.21. The van der Waals surface area contributed by atoms with Crippen molar-refractivity contribution in [2.45, 2.75) is 30.8 Å². The van der Waals surface area contributed by atoms with Crippen LogP contribution in [0.4, 0.5) is 0 Å². The van der Waals surface area contributed by atoms with Gasteiger partial charge in [0, 0.05) is 18.4 Å². The standard InChI is InChI=1S/C23H24O5/c24-22(25)20-18(15-8-3-1-4-9-15)21(19(20)16-10-5-2-6-11-16)23(26)28-14-17-12-7-13-27-17/h1-6,8-11,17-21H,7,12-14H2,(H,24,25)/t17-,18-,19+,20?,21?/m1/s1. The Kier molecular flexibility index (Phi) is 5.44. The van der Waals surface area contributed by atoms with E-state index in [1.54, 1.807) is 0 Å². The Morgan fingerprint density at radius 2 is 1.50 bits per heavy atom. The minimum atomic E-state index is -0.883. The van der Waals surface area contributed by atoms with E-state index in [4.69, 9.17) is 9.47 Å². The third-order valence-corrected chi connectivity index (χ3v) is 5.91. The van der Waals surface area contributed by atoms with Crippen molar-refractivity contribution in [2.75, 3.05) is 13.2 Å². The Hall–Kier alpha value is -2.66. The predicted molar refractivity (Wildman–Crippen MR) is 103 cm³/mol. The Morgan fingerprint density at radius 3 is 1.96 bits per heavy atom. The van der Waals surface area contributed by atoms with E-state index >= 15 is 0 Å². The molecule has 1 aliphatic heterocycles. The van der Waals surface area contributed by atoms with Gasteiger partial charge in [0.1, 0.15) is 6.61 Å². The molecule has 2 aromatic carbocycles. The third kappa shape index (κ3) is 3.54. The summed E-state index contributed by atoms with van der Waals surface area (Å²) in [5.74, 6) is -3.21. The van der Waals surface area contributed by atoms with E-state index < -0.39 is 29.6 Å². The molecule has 1 heterocycles. The average molecular weight is 380 g/mol. The van der Waals surface area contributed by atoms with Gasteiger partial charge < -0.3 is 14.6 Å². The molecule has 0 spiro atoms. The molecule has 5 atom stereocenters. The van der Waals surface area contributed by atoms with Gasteiger partial charge in [-0.25, -0.2) is 0 Å². The first-order valence-corrected chi connectivity index (χ1v) is 9.77. The van der Waals surface area contributed by atoms with Crippen LogP contribution in [0.1, 0.15) is 35.8 Å². The summed E-state index contributed by atoms with van der Waals surface area (Å²) in [6, 6.07) is 18.8. The number of esters is 1. The molecule has 28 heavy (non-hydrogen) atoms. The molecular weight excluding hydrogens is 356 g/mol. The smallest absolute Gasteiger partial charge is 0.310 e. The van der Waals surface area contributed by atoms with Gasteiger partial charge >= 0.3 is 11.9 Å². The molecule has 1 saturated heterocycles. The number of benzene rings is 2. The fourth-order valence-electron chi connectivity index (χ4n) is 4.58. The number of carbonyl (C=O) groups excluding carboxylic acids is 1. The van der Waals surface area contributed by atoms with Crippen molar-refractivity contribution >= 4 is 11.9 Å². The molecular formula is C23H24O5. The molecule has 2 aromatic rings. The minimum Gasteiger partial charge on any atom is -0.481 e. The van der Waals surface area contributed by atoms with Crippen molar-refractivity contribution in [1.82, 2.24) is 0 Å². The number of carboxylic acids is 1. The van der Waals surface area contributed by atoms with E-state index in [2.05, 4.69) is 0 Å². The van der Waals surface area contributed by atoms with E-state index in [0.717, 1.165) is 24.0 Å². The molecule has 0 radical (unpaired) electrons. The molecule has 2 aliphatic rings. The molecule has 2 fully saturated rings. The highest BCUT2D eigenvalue weighted by molar-refractivity contribution is 5.84. The van der Waals surface area contributed by atoms with Crippen LogP contribution >= 0.6 is 0 Å². The summed E-state index contributed by atoms with van der Waals surface area (Å²) >= 11 is 0. The zero-order chi connectivity index (χ0) is 19.5. The van der Waals surface area contributed by atoms with Gasteiger partial charge in [-0.05, 0) is 24.0 Å². The van der Waals surface area contributed by atoms with Crippen LogP contribution in [0.2, 0.25) is 0 Å². The van der Waals surface area contributed by atoms with Crippen LogP contribution in [-0.4, -0.2) is 36.4 Å². The monoisotopic (exact) mass is 380 g/mol. The zero-order valence-electron chi connectivity index (χ0n) is 15.6. The zero-order valence-corrected chi connectivity index (χ0v) is 15.6. The Balaban J connectivity index is 1.62. The largest absolute Gasteiger partial charge is 0.481 e. The van der Waals surface area contributed by atoms with Gasteiger partial charge in [0.2, 0.25) is 0 Å². The molecule has 2 unspecified atom stereocenters. The highest BCUT2D eigenvalue weighted by Crippen LogP contribution is 2.58. The first kappa shape index (κ1) is 18.7. The number of ether oxygens (including phenoxy) is 2. The Labute approximate surface area is 164 Å². The van der Waals surface area contributed by atoms with Crippen LogP contribution in [0.25, 0.3) is 0 Å². The van der Waals surface area contributed by atoms with Crippen molar-refractivity contribution in [3.8, 4) is 0 Å². The number of hydrogen-bond donors (Lipinski definition) is 1. The van der Waals surface area contributed by atoms with Crippen LogP contribution in [0, 0.1) is 11.8 Å². The normalized spacial score (nSPS) is 29.1. The molecule has 0 amide bonds. The molecule has 5 heteroatoms. The molecule has 146 valence electrons. The number of aliphatic carboxylic acids is 1. The van der Waals surface area contributed by atoms with Gasteiger partial charge in [-0.15, -0.1) is 0 Å². The lowest BCUT2D eigenvalue weighted by Crippen LogP contribution is -2.51. The van der Waals surface area contributed by atoms with Crippen molar-refractivity contribution in [3.63, 3.8) is 0 Å². The van der Waals surface area contributed by atoms with Gasteiger partial charge in [-0.1, -0.05) is 60.7 Å². The third-order valence-electron chi connectivity index (χ3n) is 5.91. The molecule has 0 aromatic heterocycles. The van der Waals surface area contributed by atoms with Crippen molar-refractivity contribution in [1.29, 1.82) is 0 Å². The highest BCUT2D eigenvalue weighted by Gasteiger charge is 2.59. The molecule has 5 nitrogen and oxygen atoms in total. The predicted octanol–water partition coefficient (Wildman–Crippen LogP) is 3.61. The summed E-state index contributed by atoms with van der Waals surface area (Å²) in [6.45, 7) is 0.933. The quantitative estimate of drug-likeness (QED) is 0.775. The molecule has 4 rings (SSSR count). The molecule has 1 aliphatic carbocycles. The fourth-order valence-corrected chi connectivity index (χ4v) is 4.58.